The first-order chi connectivity index (χ1) is 7.81. The van der Waals surface area contributed by atoms with Crippen molar-refractivity contribution in [3.8, 4) is 0 Å². The molecule has 1 atom stereocenters. The van der Waals surface area contributed by atoms with Crippen molar-refractivity contribution in [3.05, 3.63) is 23.9 Å². The molecule has 1 heterocycles. The van der Waals surface area contributed by atoms with E-state index in [1.54, 1.807) is 6.08 Å². The lowest BCUT2D eigenvalue weighted by Crippen LogP contribution is -2.14. The number of aldehydes is 1. The van der Waals surface area contributed by atoms with Gasteiger partial charge in [0.1, 0.15) is 6.29 Å². The van der Waals surface area contributed by atoms with Crippen LogP contribution in [0.3, 0.4) is 0 Å². The molecule has 1 saturated heterocycles. The Bertz CT molecular complexity index is 299. The molecule has 0 radical (unpaired) electrons. The largest absolute Gasteiger partial charge is 0.377 e. The van der Waals surface area contributed by atoms with E-state index in [1.807, 2.05) is 0 Å². The Kier molecular flexibility index (Phi) is 3.78. The average Bonchev–Trinajstić information content (AvgIpc) is 3.00. The molecule has 0 spiro atoms. The molecule has 2 fully saturated rings. The van der Waals surface area contributed by atoms with Gasteiger partial charge in [-0.1, -0.05) is 0 Å². The van der Waals surface area contributed by atoms with Crippen LogP contribution in [0, 0.1) is 5.92 Å². The molecule has 1 aliphatic heterocycles. The Labute approximate surface area is 97.2 Å². The number of nitrogens with one attached hydrogen (secondary N) is 1. The molecule has 3 heteroatoms. The van der Waals surface area contributed by atoms with Gasteiger partial charge in [0.15, 0.2) is 0 Å². The van der Waals surface area contributed by atoms with Gasteiger partial charge in [-0.25, -0.2) is 0 Å². The molecule has 2 aliphatic rings. The lowest BCUT2D eigenvalue weighted by molar-refractivity contribution is -0.104. The van der Waals surface area contributed by atoms with Crippen molar-refractivity contribution in [2.24, 2.45) is 5.92 Å². The first kappa shape index (κ1) is 11.4. The molecule has 0 amide bonds. The molecule has 1 aliphatic carbocycles. The number of hydrogen-bond acceptors (Lipinski definition) is 3. The lowest BCUT2D eigenvalue weighted by Gasteiger charge is -2.14. The van der Waals surface area contributed by atoms with Crippen molar-refractivity contribution in [1.29, 1.82) is 0 Å². The number of allylic oxidation sites excluding steroid dienone is 2. The van der Waals surface area contributed by atoms with Crippen LogP contribution in [0.5, 0.6) is 0 Å². The van der Waals surface area contributed by atoms with Crippen LogP contribution >= 0.6 is 0 Å². The van der Waals surface area contributed by atoms with Gasteiger partial charge in [-0.05, 0) is 55.7 Å². The van der Waals surface area contributed by atoms with E-state index in [1.165, 1.54) is 12.8 Å². The van der Waals surface area contributed by atoms with Gasteiger partial charge in [0.25, 0.3) is 0 Å². The minimum atomic E-state index is 0.508. The van der Waals surface area contributed by atoms with E-state index >= 15 is 0 Å². The van der Waals surface area contributed by atoms with Gasteiger partial charge in [0, 0.05) is 19.6 Å². The maximum atomic E-state index is 10.6. The first-order valence-electron chi connectivity index (χ1n) is 6.07. The Hall–Kier alpha value is -1.09. The molecule has 16 heavy (non-hydrogen) atoms. The number of carbonyl (C=O) groups excluding carboxylic acids is 1. The third-order valence-corrected chi connectivity index (χ3v) is 3.42. The van der Waals surface area contributed by atoms with Crippen molar-refractivity contribution >= 4 is 6.29 Å². The van der Waals surface area contributed by atoms with Gasteiger partial charge in [-0.15, -0.1) is 0 Å². The zero-order valence-corrected chi connectivity index (χ0v) is 9.86. The van der Waals surface area contributed by atoms with E-state index in [4.69, 9.17) is 0 Å². The van der Waals surface area contributed by atoms with E-state index < -0.39 is 0 Å². The fraction of sp³-hybridized carbons (Fsp3) is 0.615. The molecule has 1 unspecified atom stereocenters. The second kappa shape index (κ2) is 5.30. The SMILES string of the molecule is CN(/C=C\C(=C/C=O)C1CCNC1)C1CC1. The number of nitrogens with zero attached hydrogens (tertiary/aromatic N) is 1. The minimum Gasteiger partial charge on any atom is -0.377 e. The molecule has 88 valence electrons. The minimum absolute atomic E-state index is 0.508. The highest BCUT2D eigenvalue weighted by Gasteiger charge is 2.24. The maximum absolute atomic E-state index is 10.6. The highest BCUT2D eigenvalue weighted by atomic mass is 16.1. The summed E-state index contributed by atoms with van der Waals surface area (Å²) in [4.78, 5) is 12.9. The van der Waals surface area contributed by atoms with Crippen LogP contribution in [0.25, 0.3) is 0 Å². The summed E-state index contributed by atoms with van der Waals surface area (Å²) in [6, 6.07) is 0.732. The third kappa shape index (κ3) is 2.95. The lowest BCUT2D eigenvalue weighted by atomic mass is 9.98. The molecule has 1 saturated carbocycles. The summed E-state index contributed by atoms with van der Waals surface area (Å²) in [6.45, 7) is 2.06. The van der Waals surface area contributed by atoms with Gasteiger partial charge in [0.05, 0.1) is 0 Å². The Morgan fingerprint density at radius 1 is 1.38 bits per heavy atom. The van der Waals surface area contributed by atoms with Crippen LogP contribution in [0.15, 0.2) is 23.9 Å². The Morgan fingerprint density at radius 2 is 2.19 bits per heavy atom. The summed E-state index contributed by atoms with van der Waals surface area (Å²) in [7, 11) is 2.11. The van der Waals surface area contributed by atoms with Crippen molar-refractivity contribution in [2.45, 2.75) is 25.3 Å². The number of hydrogen-bond donors (Lipinski definition) is 1. The summed E-state index contributed by atoms with van der Waals surface area (Å²) >= 11 is 0. The van der Waals surface area contributed by atoms with Gasteiger partial charge in [-0.3, -0.25) is 4.79 Å². The van der Waals surface area contributed by atoms with Crippen LogP contribution in [0.2, 0.25) is 0 Å². The second-order valence-electron chi connectivity index (χ2n) is 4.70. The predicted molar refractivity (Wildman–Crippen MR) is 65.0 cm³/mol. The third-order valence-electron chi connectivity index (χ3n) is 3.42. The van der Waals surface area contributed by atoms with Crippen LogP contribution in [-0.2, 0) is 4.79 Å². The monoisotopic (exact) mass is 220 g/mol. The fourth-order valence-corrected chi connectivity index (χ4v) is 2.15. The van der Waals surface area contributed by atoms with E-state index in [9.17, 15) is 4.79 Å². The van der Waals surface area contributed by atoms with Gasteiger partial charge >= 0.3 is 0 Å². The maximum Gasteiger partial charge on any atom is 0.143 e. The van der Waals surface area contributed by atoms with Crippen molar-refractivity contribution in [2.75, 3.05) is 20.1 Å². The van der Waals surface area contributed by atoms with Crippen LogP contribution in [-0.4, -0.2) is 37.4 Å². The topological polar surface area (TPSA) is 32.3 Å². The van der Waals surface area contributed by atoms with E-state index in [2.05, 4.69) is 29.5 Å². The fourth-order valence-electron chi connectivity index (χ4n) is 2.15. The van der Waals surface area contributed by atoms with Crippen LogP contribution in [0.4, 0.5) is 0 Å². The average molecular weight is 220 g/mol. The smallest absolute Gasteiger partial charge is 0.143 e. The van der Waals surface area contributed by atoms with E-state index in [0.29, 0.717) is 5.92 Å². The second-order valence-corrected chi connectivity index (χ2v) is 4.70. The summed E-state index contributed by atoms with van der Waals surface area (Å²) < 4.78 is 0. The van der Waals surface area contributed by atoms with Gasteiger partial charge < -0.3 is 10.2 Å². The summed E-state index contributed by atoms with van der Waals surface area (Å²) in [5.41, 5.74) is 1.16. The van der Waals surface area contributed by atoms with Gasteiger partial charge in [-0.2, -0.15) is 0 Å². The first-order valence-corrected chi connectivity index (χ1v) is 6.07. The van der Waals surface area contributed by atoms with E-state index in [-0.39, 0.29) is 0 Å². The standard InChI is InChI=1S/C13H20N2O/c1-15(13-2-3-13)8-5-11(6-9-16)12-4-7-14-10-12/h5-6,8-9,12-14H,2-4,7,10H2,1H3/b8-5-,11-6+. The van der Waals surface area contributed by atoms with Crippen molar-refractivity contribution < 1.29 is 4.79 Å². The van der Waals surface area contributed by atoms with Gasteiger partial charge in [0.2, 0.25) is 0 Å². The van der Waals surface area contributed by atoms with Crippen LogP contribution in [0.1, 0.15) is 19.3 Å². The molecular formula is C13H20N2O. The zero-order valence-electron chi connectivity index (χ0n) is 9.86. The molecule has 0 aromatic rings. The number of carbonyl (C=O) groups is 1. The Morgan fingerprint density at radius 3 is 2.75 bits per heavy atom. The van der Waals surface area contributed by atoms with Crippen molar-refractivity contribution in [3.63, 3.8) is 0 Å². The normalized spacial score (nSPS) is 26.3. The zero-order chi connectivity index (χ0) is 11.4. The summed E-state index contributed by atoms with van der Waals surface area (Å²) in [6.07, 6.45) is 10.6. The molecule has 3 nitrogen and oxygen atoms in total. The Balaban J connectivity index is 1.95. The molecule has 0 aromatic carbocycles. The molecular weight excluding hydrogens is 200 g/mol. The molecule has 2 rings (SSSR count). The molecule has 1 N–H and O–H groups in total. The van der Waals surface area contributed by atoms with E-state index in [0.717, 1.165) is 37.4 Å². The molecule has 0 aromatic heterocycles. The summed E-state index contributed by atoms with van der Waals surface area (Å²) in [5, 5.41) is 3.33. The van der Waals surface area contributed by atoms with Crippen molar-refractivity contribution in [1.82, 2.24) is 10.2 Å². The number of rotatable bonds is 5. The quantitative estimate of drug-likeness (QED) is 0.431. The predicted octanol–water partition coefficient (Wildman–Crippen LogP) is 1.33. The highest BCUT2D eigenvalue weighted by Crippen LogP contribution is 2.26. The molecule has 0 bridgehead atoms. The van der Waals surface area contributed by atoms with Crippen LogP contribution < -0.4 is 5.32 Å². The summed E-state index contributed by atoms with van der Waals surface area (Å²) in [5.74, 6) is 0.508. The highest BCUT2D eigenvalue weighted by molar-refractivity contribution is 5.67.